The second-order valence-electron chi connectivity index (χ2n) is 4.90. The quantitative estimate of drug-likeness (QED) is 0.863. The summed E-state index contributed by atoms with van der Waals surface area (Å²) in [6.45, 7) is 2.93. The summed E-state index contributed by atoms with van der Waals surface area (Å²) in [5.41, 5.74) is 0.464. The number of alkyl halides is 3. The van der Waals surface area contributed by atoms with Gasteiger partial charge in [0.15, 0.2) is 0 Å². The number of aliphatic hydroxyl groups is 1. The predicted molar refractivity (Wildman–Crippen MR) is 79.3 cm³/mol. The summed E-state index contributed by atoms with van der Waals surface area (Å²) in [7, 11) is 0. The van der Waals surface area contributed by atoms with Crippen LogP contribution in [-0.2, 0) is 0 Å². The van der Waals surface area contributed by atoms with Gasteiger partial charge in [0.25, 0.3) is 0 Å². The maximum Gasteiger partial charge on any atom is 0.573 e. The number of aliphatic hydroxyl groups excluding tert-OH is 1. The van der Waals surface area contributed by atoms with E-state index in [2.05, 4.69) is 15.0 Å². The maximum absolute atomic E-state index is 12.5. The van der Waals surface area contributed by atoms with Gasteiger partial charge in [0.2, 0.25) is 0 Å². The Hall–Kier alpha value is -1.02. The molecule has 0 aliphatic carbocycles. The molecular weight excluding hydrogens is 321 g/mol. The van der Waals surface area contributed by atoms with Crippen LogP contribution in [0.1, 0.15) is 18.0 Å². The summed E-state index contributed by atoms with van der Waals surface area (Å²) in [4.78, 5) is 2.07. The van der Waals surface area contributed by atoms with Crippen LogP contribution in [0.25, 0.3) is 0 Å². The second-order valence-corrected chi connectivity index (χ2v) is 4.90. The van der Waals surface area contributed by atoms with E-state index >= 15 is 0 Å². The first kappa shape index (κ1) is 19.0. The molecule has 22 heavy (non-hydrogen) atoms. The van der Waals surface area contributed by atoms with Crippen molar-refractivity contribution in [3.63, 3.8) is 0 Å². The molecule has 4 nitrogen and oxygen atoms in total. The number of nitrogens with one attached hydrogen (secondary N) is 1. The lowest BCUT2D eigenvalue weighted by molar-refractivity contribution is -0.275. The van der Waals surface area contributed by atoms with Crippen LogP contribution < -0.4 is 10.1 Å². The molecule has 1 atom stereocenters. The first-order chi connectivity index (χ1) is 10.0. The molecule has 1 heterocycles. The van der Waals surface area contributed by atoms with Crippen LogP contribution in [0.15, 0.2) is 24.3 Å². The molecule has 0 aromatic heterocycles. The molecule has 1 aliphatic heterocycles. The Bertz CT molecular complexity index is 454. The summed E-state index contributed by atoms with van der Waals surface area (Å²) < 4.78 is 41.7. The van der Waals surface area contributed by atoms with Gasteiger partial charge in [-0.3, -0.25) is 4.90 Å². The Morgan fingerprint density at radius 2 is 1.86 bits per heavy atom. The molecular formula is C14H20ClF3N2O2. The van der Waals surface area contributed by atoms with E-state index in [0.717, 1.165) is 26.2 Å². The smallest absolute Gasteiger partial charge is 0.405 e. The van der Waals surface area contributed by atoms with Crippen LogP contribution in [0.5, 0.6) is 5.75 Å². The number of ether oxygens (including phenoxy) is 1. The lowest BCUT2D eigenvalue weighted by Gasteiger charge is -2.35. The Morgan fingerprint density at radius 3 is 2.45 bits per heavy atom. The Labute approximate surface area is 133 Å². The third kappa shape index (κ3) is 5.31. The highest BCUT2D eigenvalue weighted by molar-refractivity contribution is 5.85. The number of halogens is 4. The minimum Gasteiger partial charge on any atom is -0.405 e. The normalized spacial score (nSPS) is 17.6. The van der Waals surface area contributed by atoms with Crippen molar-refractivity contribution in [1.82, 2.24) is 10.2 Å². The van der Waals surface area contributed by atoms with Crippen molar-refractivity contribution in [3.05, 3.63) is 29.8 Å². The van der Waals surface area contributed by atoms with Gasteiger partial charge in [-0.15, -0.1) is 25.6 Å². The van der Waals surface area contributed by atoms with Crippen LogP contribution in [0.2, 0.25) is 0 Å². The fourth-order valence-corrected chi connectivity index (χ4v) is 2.62. The highest BCUT2D eigenvalue weighted by Gasteiger charge is 2.33. The van der Waals surface area contributed by atoms with E-state index in [1.165, 1.54) is 12.1 Å². The molecule has 2 N–H and O–H groups in total. The number of benzene rings is 1. The average molecular weight is 341 g/mol. The molecule has 1 aromatic rings. The number of nitrogens with zero attached hydrogens (tertiary/aromatic N) is 1. The van der Waals surface area contributed by atoms with Crippen LogP contribution in [0.4, 0.5) is 13.2 Å². The molecule has 1 aromatic carbocycles. The van der Waals surface area contributed by atoms with E-state index in [0.29, 0.717) is 12.0 Å². The van der Waals surface area contributed by atoms with Gasteiger partial charge in [0.05, 0.1) is 0 Å². The van der Waals surface area contributed by atoms with Crippen molar-refractivity contribution in [2.75, 3.05) is 32.8 Å². The van der Waals surface area contributed by atoms with Crippen molar-refractivity contribution in [3.8, 4) is 5.75 Å². The molecule has 0 spiro atoms. The molecule has 126 valence electrons. The van der Waals surface area contributed by atoms with Gasteiger partial charge >= 0.3 is 6.36 Å². The van der Waals surface area contributed by atoms with Crippen LogP contribution in [0.3, 0.4) is 0 Å². The van der Waals surface area contributed by atoms with E-state index in [1.54, 1.807) is 12.1 Å². The highest BCUT2D eigenvalue weighted by atomic mass is 35.5. The summed E-state index contributed by atoms with van der Waals surface area (Å²) in [6.07, 6.45) is -4.35. The summed E-state index contributed by atoms with van der Waals surface area (Å²) >= 11 is 0. The molecule has 0 bridgehead atoms. The number of hydrogen-bond donors (Lipinski definition) is 2. The van der Waals surface area contributed by atoms with E-state index in [-0.39, 0.29) is 30.8 Å². The van der Waals surface area contributed by atoms with Gasteiger partial charge in [-0.1, -0.05) is 18.2 Å². The summed E-state index contributed by atoms with van der Waals surface area (Å²) in [6, 6.07) is 5.86. The Kier molecular flexibility index (Phi) is 7.41. The molecule has 8 heteroatoms. The van der Waals surface area contributed by atoms with E-state index in [4.69, 9.17) is 0 Å². The lowest BCUT2D eigenvalue weighted by Crippen LogP contribution is -2.45. The van der Waals surface area contributed by atoms with E-state index in [1.807, 2.05) is 0 Å². The molecule has 1 fully saturated rings. The molecule has 0 unspecified atom stereocenters. The zero-order valence-corrected chi connectivity index (χ0v) is 12.8. The highest BCUT2D eigenvalue weighted by Crippen LogP contribution is 2.34. The van der Waals surface area contributed by atoms with E-state index < -0.39 is 6.36 Å². The molecule has 1 saturated heterocycles. The molecule has 2 rings (SSSR count). The first-order valence-electron chi connectivity index (χ1n) is 6.91. The second kappa shape index (κ2) is 8.57. The average Bonchev–Trinajstić information content (AvgIpc) is 2.45. The van der Waals surface area contributed by atoms with Crippen molar-refractivity contribution in [2.45, 2.75) is 18.8 Å². The third-order valence-electron chi connectivity index (χ3n) is 3.50. The summed E-state index contributed by atoms with van der Waals surface area (Å²) in [5.74, 6) is -0.193. The van der Waals surface area contributed by atoms with Gasteiger partial charge in [-0.2, -0.15) is 0 Å². The standard InChI is InChI=1S/C14H19F3N2O2.ClH/c15-14(16,17)21-13-4-2-1-3-11(13)12(5-10-20)19-8-6-18-7-9-19;/h1-4,12,18,20H,5-10H2;1H/t12-;/m1./s1. The van der Waals surface area contributed by atoms with Crippen LogP contribution in [-0.4, -0.2) is 49.2 Å². The van der Waals surface area contributed by atoms with Crippen LogP contribution >= 0.6 is 12.4 Å². The largest absolute Gasteiger partial charge is 0.573 e. The van der Waals surface area contributed by atoms with Crippen molar-refractivity contribution in [2.24, 2.45) is 0 Å². The molecule has 1 aliphatic rings. The maximum atomic E-state index is 12.5. The zero-order valence-electron chi connectivity index (χ0n) is 12.0. The SMILES string of the molecule is Cl.OCC[C@H](c1ccccc1OC(F)(F)F)N1CCNCC1. The number of piperazine rings is 1. The lowest BCUT2D eigenvalue weighted by atomic mass is 10.0. The van der Waals surface area contributed by atoms with E-state index in [9.17, 15) is 18.3 Å². The molecule has 0 radical (unpaired) electrons. The third-order valence-corrected chi connectivity index (χ3v) is 3.50. The fraction of sp³-hybridized carbons (Fsp3) is 0.571. The number of para-hydroxylation sites is 1. The van der Waals surface area contributed by atoms with Crippen molar-refractivity contribution >= 4 is 12.4 Å². The number of hydrogen-bond acceptors (Lipinski definition) is 4. The Morgan fingerprint density at radius 1 is 1.23 bits per heavy atom. The van der Waals surface area contributed by atoms with Crippen LogP contribution in [0, 0.1) is 0 Å². The van der Waals surface area contributed by atoms with Gasteiger partial charge in [-0.05, 0) is 12.5 Å². The fourth-order valence-electron chi connectivity index (χ4n) is 2.62. The topological polar surface area (TPSA) is 44.7 Å². The van der Waals surface area contributed by atoms with Gasteiger partial charge in [0, 0.05) is 44.4 Å². The van der Waals surface area contributed by atoms with Gasteiger partial charge in [0.1, 0.15) is 5.75 Å². The van der Waals surface area contributed by atoms with Crippen molar-refractivity contribution < 1.29 is 23.0 Å². The Balaban J connectivity index is 0.00000242. The van der Waals surface area contributed by atoms with Gasteiger partial charge < -0.3 is 15.2 Å². The number of rotatable bonds is 5. The minimum atomic E-state index is -4.72. The molecule has 0 amide bonds. The minimum absolute atomic E-state index is 0. The van der Waals surface area contributed by atoms with Gasteiger partial charge in [-0.25, -0.2) is 0 Å². The van der Waals surface area contributed by atoms with Crippen molar-refractivity contribution in [1.29, 1.82) is 0 Å². The zero-order chi connectivity index (χ0) is 15.3. The molecule has 0 saturated carbocycles. The monoisotopic (exact) mass is 340 g/mol. The predicted octanol–water partition coefficient (Wildman–Crippen LogP) is 2.34. The summed E-state index contributed by atoms with van der Waals surface area (Å²) in [5, 5.41) is 12.4. The first-order valence-corrected chi connectivity index (χ1v) is 6.91.